The Bertz CT molecular complexity index is 135. The molecule has 3 heteroatoms. The summed E-state index contributed by atoms with van der Waals surface area (Å²) in [5, 5.41) is 3.52. The van der Waals surface area contributed by atoms with E-state index in [1.54, 1.807) is 0 Å². The monoisotopic (exact) mass is 200 g/mol. The second-order valence-corrected chi connectivity index (χ2v) is 4.08. The highest BCUT2D eigenvalue weighted by molar-refractivity contribution is 4.74. The van der Waals surface area contributed by atoms with Gasteiger partial charge in [-0.3, -0.25) is 0 Å². The van der Waals surface area contributed by atoms with E-state index >= 15 is 0 Å². The molecule has 1 unspecified atom stereocenters. The summed E-state index contributed by atoms with van der Waals surface area (Å²) in [5.74, 6) is 0. The third-order valence-electron chi connectivity index (χ3n) is 2.84. The molecule has 1 aliphatic heterocycles. The minimum absolute atomic E-state index is 0.768. The fourth-order valence-corrected chi connectivity index (χ4v) is 1.86. The normalized spacial score (nSPS) is 22.1. The van der Waals surface area contributed by atoms with E-state index in [1.807, 2.05) is 6.92 Å². The van der Waals surface area contributed by atoms with Gasteiger partial charge in [0.15, 0.2) is 0 Å². The predicted molar refractivity (Wildman–Crippen MR) is 59.6 cm³/mol. The van der Waals surface area contributed by atoms with Crippen LogP contribution in [-0.2, 0) is 4.74 Å². The molecule has 1 N–H and O–H groups in total. The summed E-state index contributed by atoms with van der Waals surface area (Å²) in [6, 6.07) is 0.768. The van der Waals surface area contributed by atoms with E-state index < -0.39 is 0 Å². The van der Waals surface area contributed by atoms with E-state index in [4.69, 9.17) is 4.74 Å². The minimum atomic E-state index is 0.768. The van der Waals surface area contributed by atoms with Gasteiger partial charge in [-0.25, -0.2) is 0 Å². The zero-order chi connectivity index (χ0) is 10.2. The Morgan fingerprint density at radius 1 is 1.43 bits per heavy atom. The molecule has 0 aliphatic carbocycles. The van der Waals surface area contributed by atoms with Crippen LogP contribution in [-0.4, -0.2) is 50.8 Å². The molecular weight excluding hydrogens is 176 g/mol. The van der Waals surface area contributed by atoms with Gasteiger partial charge in [-0.1, -0.05) is 0 Å². The summed E-state index contributed by atoms with van der Waals surface area (Å²) in [4.78, 5) is 2.36. The lowest BCUT2D eigenvalue weighted by Crippen LogP contribution is -2.30. The van der Waals surface area contributed by atoms with E-state index in [1.165, 1.54) is 32.4 Å². The smallest absolute Gasteiger partial charge is 0.0593 e. The summed E-state index contributed by atoms with van der Waals surface area (Å²) in [5.41, 5.74) is 0. The van der Waals surface area contributed by atoms with Gasteiger partial charge in [-0.2, -0.15) is 0 Å². The summed E-state index contributed by atoms with van der Waals surface area (Å²) in [6.45, 7) is 7.20. The molecule has 1 fully saturated rings. The fraction of sp³-hybridized carbons (Fsp3) is 1.00. The van der Waals surface area contributed by atoms with Gasteiger partial charge in [0.1, 0.15) is 0 Å². The highest BCUT2D eigenvalue weighted by Crippen LogP contribution is 2.08. The number of ether oxygens (including phenoxy) is 1. The van der Waals surface area contributed by atoms with Crippen LogP contribution in [0.15, 0.2) is 0 Å². The van der Waals surface area contributed by atoms with Crippen molar-refractivity contribution >= 4 is 0 Å². The zero-order valence-electron chi connectivity index (χ0n) is 9.59. The quantitative estimate of drug-likeness (QED) is 0.623. The number of rotatable bonds is 7. The van der Waals surface area contributed by atoms with Crippen LogP contribution in [0.1, 0.15) is 26.2 Å². The summed E-state index contributed by atoms with van der Waals surface area (Å²) >= 11 is 0. The van der Waals surface area contributed by atoms with Crippen molar-refractivity contribution in [2.45, 2.75) is 32.2 Å². The Kier molecular flexibility index (Phi) is 6.15. The van der Waals surface area contributed by atoms with Crippen molar-refractivity contribution in [2.24, 2.45) is 0 Å². The SMILES string of the molecule is CCOCCN(C)CCC1CCCN1. The lowest BCUT2D eigenvalue weighted by molar-refractivity contribution is 0.121. The van der Waals surface area contributed by atoms with Crippen molar-refractivity contribution in [1.82, 2.24) is 10.2 Å². The van der Waals surface area contributed by atoms with E-state index in [9.17, 15) is 0 Å². The first-order valence-corrected chi connectivity index (χ1v) is 5.82. The highest BCUT2D eigenvalue weighted by Gasteiger charge is 2.13. The third-order valence-corrected chi connectivity index (χ3v) is 2.84. The van der Waals surface area contributed by atoms with Crippen LogP contribution >= 0.6 is 0 Å². The van der Waals surface area contributed by atoms with Crippen LogP contribution in [0.3, 0.4) is 0 Å². The number of nitrogens with zero attached hydrogens (tertiary/aromatic N) is 1. The highest BCUT2D eigenvalue weighted by atomic mass is 16.5. The average molecular weight is 200 g/mol. The maximum atomic E-state index is 5.32. The van der Waals surface area contributed by atoms with Crippen LogP contribution in [0.4, 0.5) is 0 Å². The number of nitrogens with one attached hydrogen (secondary N) is 1. The molecule has 1 aliphatic rings. The van der Waals surface area contributed by atoms with Crippen molar-refractivity contribution in [1.29, 1.82) is 0 Å². The maximum Gasteiger partial charge on any atom is 0.0593 e. The van der Waals surface area contributed by atoms with E-state index in [0.29, 0.717) is 0 Å². The first-order chi connectivity index (χ1) is 6.83. The summed E-state index contributed by atoms with van der Waals surface area (Å²) in [6.07, 6.45) is 4.00. The molecule has 0 aromatic heterocycles. The van der Waals surface area contributed by atoms with E-state index in [2.05, 4.69) is 17.3 Å². The van der Waals surface area contributed by atoms with Crippen LogP contribution in [0.5, 0.6) is 0 Å². The van der Waals surface area contributed by atoms with Crippen molar-refractivity contribution in [2.75, 3.05) is 39.9 Å². The third kappa shape index (κ3) is 4.94. The van der Waals surface area contributed by atoms with Crippen LogP contribution < -0.4 is 5.32 Å². The number of hydrogen-bond donors (Lipinski definition) is 1. The van der Waals surface area contributed by atoms with Gasteiger partial charge in [0, 0.05) is 19.2 Å². The van der Waals surface area contributed by atoms with Gasteiger partial charge < -0.3 is 15.0 Å². The molecular formula is C11H24N2O. The predicted octanol–water partition coefficient (Wildman–Crippen LogP) is 1.10. The maximum absolute atomic E-state index is 5.32. The van der Waals surface area contributed by atoms with E-state index in [-0.39, 0.29) is 0 Å². The second kappa shape index (κ2) is 7.21. The van der Waals surface area contributed by atoms with Gasteiger partial charge in [0.2, 0.25) is 0 Å². The van der Waals surface area contributed by atoms with Crippen LogP contribution in [0.2, 0.25) is 0 Å². The topological polar surface area (TPSA) is 24.5 Å². The lowest BCUT2D eigenvalue weighted by atomic mass is 10.1. The molecule has 1 heterocycles. The molecule has 0 spiro atoms. The Hall–Kier alpha value is -0.120. The van der Waals surface area contributed by atoms with Crippen LogP contribution in [0.25, 0.3) is 0 Å². The first-order valence-electron chi connectivity index (χ1n) is 5.82. The van der Waals surface area contributed by atoms with Gasteiger partial charge in [0.25, 0.3) is 0 Å². The fourth-order valence-electron chi connectivity index (χ4n) is 1.86. The Morgan fingerprint density at radius 2 is 2.29 bits per heavy atom. The Balaban J connectivity index is 1.93. The molecule has 0 bridgehead atoms. The minimum Gasteiger partial charge on any atom is -0.380 e. The zero-order valence-corrected chi connectivity index (χ0v) is 9.59. The number of likely N-dealkylation sites (N-methyl/N-ethyl adjacent to an activating group) is 1. The van der Waals surface area contributed by atoms with Gasteiger partial charge >= 0.3 is 0 Å². The number of hydrogen-bond acceptors (Lipinski definition) is 3. The largest absolute Gasteiger partial charge is 0.380 e. The Labute approximate surface area is 87.8 Å². The molecule has 14 heavy (non-hydrogen) atoms. The molecule has 0 aromatic rings. The first kappa shape index (κ1) is 12.0. The summed E-state index contributed by atoms with van der Waals surface area (Å²) < 4.78 is 5.32. The van der Waals surface area contributed by atoms with Crippen LogP contribution in [0, 0.1) is 0 Å². The average Bonchev–Trinajstić information content (AvgIpc) is 2.68. The lowest BCUT2D eigenvalue weighted by Gasteiger charge is -2.18. The van der Waals surface area contributed by atoms with Crippen molar-refractivity contribution in [3.63, 3.8) is 0 Å². The summed E-state index contributed by atoms with van der Waals surface area (Å²) in [7, 11) is 2.17. The molecule has 0 radical (unpaired) electrons. The van der Waals surface area contributed by atoms with Gasteiger partial charge in [-0.05, 0) is 46.3 Å². The molecule has 0 amide bonds. The molecule has 84 valence electrons. The van der Waals surface area contributed by atoms with Crippen molar-refractivity contribution in [3.05, 3.63) is 0 Å². The van der Waals surface area contributed by atoms with Gasteiger partial charge in [0.05, 0.1) is 6.61 Å². The molecule has 3 nitrogen and oxygen atoms in total. The van der Waals surface area contributed by atoms with E-state index in [0.717, 1.165) is 25.8 Å². The standard InChI is InChI=1S/C11H24N2O/c1-3-14-10-9-13(2)8-6-11-5-4-7-12-11/h11-12H,3-10H2,1-2H3. The molecule has 0 saturated carbocycles. The van der Waals surface area contributed by atoms with Gasteiger partial charge in [-0.15, -0.1) is 0 Å². The molecule has 0 aromatic carbocycles. The molecule has 1 atom stereocenters. The van der Waals surface area contributed by atoms with Crippen molar-refractivity contribution in [3.8, 4) is 0 Å². The second-order valence-electron chi connectivity index (χ2n) is 4.08. The molecule has 1 rings (SSSR count). The van der Waals surface area contributed by atoms with Crippen molar-refractivity contribution < 1.29 is 4.74 Å². The molecule has 1 saturated heterocycles. The Morgan fingerprint density at radius 3 is 2.93 bits per heavy atom.